The third kappa shape index (κ3) is 4.01. The molecule has 7 heteroatoms. The maximum Gasteiger partial charge on any atom is 0.264 e. The van der Waals surface area contributed by atoms with Gasteiger partial charge in [-0.2, -0.15) is 0 Å². The van der Waals surface area contributed by atoms with E-state index in [2.05, 4.69) is 26.2 Å². The van der Waals surface area contributed by atoms with Crippen LogP contribution in [0.15, 0.2) is 50.8 Å². The molecule has 1 aliphatic heterocycles. The van der Waals surface area contributed by atoms with Crippen LogP contribution in [0.4, 0.5) is 5.69 Å². The van der Waals surface area contributed by atoms with Crippen molar-refractivity contribution in [1.29, 1.82) is 0 Å². The number of nitrogens with one attached hydrogen (secondary N) is 1. The number of carbonyl (C=O) groups excluding carboxylic acids is 1. The second-order valence-corrected chi connectivity index (χ2v) is 8.25. The number of thioether (sulfide) groups is 1. The van der Waals surface area contributed by atoms with Crippen molar-refractivity contribution in [2.45, 2.75) is 6.92 Å². The second kappa shape index (κ2) is 7.28. The number of amidine groups is 1. The standard InChI is InChI=1S/C17H12BrIN2O2S/c1-9-2-4-12(5-3-9)20-17-21-16(23)14(24-17)7-10-6-11(18)8-13(19)15(10)22/h2-8,22H,1H3,(H,20,21,23)/b14-7-. The van der Waals surface area contributed by atoms with Crippen LogP contribution in [0.3, 0.4) is 0 Å². The summed E-state index contributed by atoms with van der Waals surface area (Å²) >= 11 is 6.70. The van der Waals surface area contributed by atoms with Crippen LogP contribution >= 0.6 is 50.3 Å². The molecule has 1 fully saturated rings. The van der Waals surface area contributed by atoms with E-state index in [4.69, 9.17) is 0 Å². The van der Waals surface area contributed by atoms with E-state index in [1.54, 1.807) is 12.1 Å². The van der Waals surface area contributed by atoms with Crippen molar-refractivity contribution in [3.05, 3.63) is 60.5 Å². The third-order valence-electron chi connectivity index (χ3n) is 3.26. The van der Waals surface area contributed by atoms with E-state index >= 15 is 0 Å². The Bertz CT molecular complexity index is 879. The number of hydrogen-bond donors (Lipinski definition) is 2. The molecule has 0 unspecified atom stereocenters. The highest BCUT2D eigenvalue weighted by Crippen LogP contribution is 2.34. The van der Waals surface area contributed by atoms with Gasteiger partial charge in [-0.25, -0.2) is 4.99 Å². The van der Waals surface area contributed by atoms with Gasteiger partial charge in [0.15, 0.2) is 5.17 Å². The number of aliphatic imine (C=N–C) groups is 1. The Morgan fingerprint density at radius 2 is 2.00 bits per heavy atom. The van der Waals surface area contributed by atoms with E-state index in [-0.39, 0.29) is 11.7 Å². The Morgan fingerprint density at radius 3 is 2.71 bits per heavy atom. The Kier molecular flexibility index (Phi) is 5.31. The average molecular weight is 515 g/mol. The molecule has 2 N–H and O–H groups in total. The molecule has 0 atom stereocenters. The number of hydrogen-bond acceptors (Lipinski definition) is 4. The maximum atomic E-state index is 12.1. The van der Waals surface area contributed by atoms with E-state index < -0.39 is 0 Å². The second-order valence-electron chi connectivity index (χ2n) is 5.14. The molecule has 0 aliphatic carbocycles. The first-order valence-electron chi connectivity index (χ1n) is 6.96. The van der Waals surface area contributed by atoms with Gasteiger partial charge in [0, 0.05) is 10.0 Å². The zero-order valence-electron chi connectivity index (χ0n) is 12.5. The van der Waals surface area contributed by atoms with Gasteiger partial charge in [-0.3, -0.25) is 4.79 Å². The number of nitrogens with zero attached hydrogens (tertiary/aromatic N) is 1. The molecule has 4 nitrogen and oxygen atoms in total. The first-order chi connectivity index (χ1) is 11.4. The van der Waals surface area contributed by atoms with Crippen LogP contribution in [0.25, 0.3) is 6.08 Å². The van der Waals surface area contributed by atoms with Crippen LogP contribution in [0, 0.1) is 10.5 Å². The first-order valence-corrected chi connectivity index (χ1v) is 9.65. The fraction of sp³-hybridized carbons (Fsp3) is 0.0588. The number of halogens is 2. The Hall–Kier alpha value is -1.32. The van der Waals surface area contributed by atoms with E-state index in [0.717, 1.165) is 15.7 Å². The summed E-state index contributed by atoms with van der Waals surface area (Å²) in [6.07, 6.45) is 1.67. The van der Waals surface area contributed by atoms with Crippen LogP contribution in [0.2, 0.25) is 0 Å². The zero-order chi connectivity index (χ0) is 17.3. The Morgan fingerprint density at radius 1 is 1.29 bits per heavy atom. The molecular weight excluding hydrogens is 503 g/mol. The molecule has 0 bridgehead atoms. The van der Waals surface area contributed by atoms with Gasteiger partial charge in [-0.1, -0.05) is 33.6 Å². The van der Waals surface area contributed by atoms with Crippen molar-refractivity contribution in [2.75, 3.05) is 0 Å². The number of carbonyl (C=O) groups is 1. The average Bonchev–Trinajstić information content (AvgIpc) is 2.86. The van der Waals surface area contributed by atoms with Crippen molar-refractivity contribution >= 4 is 73.1 Å². The zero-order valence-corrected chi connectivity index (χ0v) is 17.1. The van der Waals surface area contributed by atoms with Crippen LogP contribution in [0.5, 0.6) is 5.75 Å². The quantitative estimate of drug-likeness (QED) is 0.440. The summed E-state index contributed by atoms with van der Waals surface area (Å²) in [7, 11) is 0. The normalized spacial score (nSPS) is 17.5. The van der Waals surface area contributed by atoms with Crippen LogP contribution in [0.1, 0.15) is 11.1 Å². The lowest BCUT2D eigenvalue weighted by atomic mass is 10.2. The van der Waals surface area contributed by atoms with E-state index in [0.29, 0.717) is 19.2 Å². The minimum absolute atomic E-state index is 0.156. The van der Waals surface area contributed by atoms with Gasteiger partial charge in [0.25, 0.3) is 5.91 Å². The minimum Gasteiger partial charge on any atom is -0.506 e. The van der Waals surface area contributed by atoms with Gasteiger partial charge in [0.2, 0.25) is 0 Å². The highest BCUT2D eigenvalue weighted by Gasteiger charge is 2.24. The molecule has 1 saturated heterocycles. The molecule has 1 aliphatic rings. The lowest BCUT2D eigenvalue weighted by molar-refractivity contribution is -0.115. The molecule has 2 aromatic rings. The molecule has 24 heavy (non-hydrogen) atoms. The molecule has 1 amide bonds. The van der Waals surface area contributed by atoms with Crippen molar-refractivity contribution in [3.63, 3.8) is 0 Å². The topological polar surface area (TPSA) is 61.7 Å². The highest BCUT2D eigenvalue weighted by atomic mass is 127. The molecular formula is C17H12BrIN2O2S. The highest BCUT2D eigenvalue weighted by molar-refractivity contribution is 14.1. The predicted octanol–water partition coefficient (Wildman–Crippen LogP) is 4.96. The van der Waals surface area contributed by atoms with Gasteiger partial charge in [-0.15, -0.1) is 0 Å². The number of aromatic hydroxyl groups is 1. The molecule has 0 saturated carbocycles. The molecule has 0 radical (unpaired) electrons. The van der Waals surface area contributed by atoms with Crippen molar-refractivity contribution in [3.8, 4) is 5.75 Å². The lowest BCUT2D eigenvalue weighted by Crippen LogP contribution is -2.19. The first kappa shape index (κ1) is 17.5. The summed E-state index contributed by atoms with van der Waals surface area (Å²) in [4.78, 5) is 17.1. The third-order valence-corrected chi connectivity index (χ3v) is 5.45. The lowest BCUT2D eigenvalue weighted by Gasteiger charge is -2.03. The summed E-state index contributed by atoms with van der Waals surface area (Å²) < 4.78 is 1.55. The monoisotopic (exact) mass is 514 g/mol. The summed E-state index contributed by atoms with van der Waals surface area (Å²) in [5, 5.41) is 13.4. The van der Waals surface area contributed by atoms with Gasteiger partial charge in [0.1, 0.15) is 5.75 Å². The molecule has 0 spiro atoms. The summed E-state index contributed by atoms with van der Waals surface area (Å²) in [5.41, 5.74) is 2.52. The molecule has 122 valence electrons. The number of phenols is 1. The molecule has 2 aromatic carbocycles. The molecule has 1 heterocycles. The van der Waals surface area contributed by atoms with Gasteiger partial charge >= 0.3 is 0 Å². The molecule has 0 aromatic heterocycles. The SMILES string of the molecule is Cc1ccc(N=C2NC(=O)/C(=C/c3cc(Br)cc(I)c3O)S2)cc1. The van der Waals surface area contributed by atoms with Crippen LogP contribution < -0.4 is 5.32 Å². The number of phenolic OH excluding ortho intramolecular Hbond substituents is 1. The van der Waals surface area contributed by atoms with Crippen molar-refractivity contribution in [2.24, 2.45) is 4.99 Å². The number of rotatable bonds is 2. The van der Waals surface area contributed by atoms with Gasteiger partial charge in [-0.05, 0) is 71.6 Å². The minimum atomic E-state index is -0.222. The van der Waals surface area contributed by atoms with Crippen LogP contribution in [-0.2, 0) is 4.79 Å². The number of aryl methyl sites for hydroxylation is 1. The number of amides is 1. The molecule has 3 rings (SSSR count). The van der Waals surface area contributed by atoms with Gasteiger partial charge in [0.05, 0.1) is 14.2 Å². The fourth-order valence-electron chi connectivity index (χ4n) is 2.05. The van der Waals surface area contributed by atoms with E-state index in [1.807, 2.05) is 59.8 Å². The maximum absolute atomic E-state index is 12.1. The van der Waals surface area contributed by atoms with E-state index in [1.165, 1.54) is 11.8 Å². The number of benzene rings is 2. The van der Waals surface area contributed by atoms with E-state index in [9.17, 15) is 9.90 Å². The summed E-state index contributed by atoms with van der Waals surface area (Å²) in [5.74, 6) is -0.0659. The predicted molar refractivity (Wildman–Crippen MR) is 111 cm³/mol. The van der Waals surface area contributed by atoms with Gasteiger partial charge < -0.3 is 10.4 Å². The van der Waals surface area contributed by atoms with Crippen LogP contribution in [-0.4, -0.2) is 16.2 Å². The summed E-state index contributed by atoms with van der Waals surface area (Å²) in [6, 6.07) is 11.3. The fourth-order valence-corrected chi connectivity index (χ4v) is 4.44. The largest absolute Gasteiger partial charge is 0.506 e. The Balaban J connectivity index is 1.89. The van der Waals surface area contributed by atoms with Crippen molar-refractivity contribution in [1.82, 2.24) is 5.32 Å². The Labute approximate surface area is 165 Å². The smallest absolute Gasteiger partial charge is 0.264 e. The summed E-state index contributed by atoms with van der Waals surface area (Å²) in [6.45, 7) is 2.01. The van der Waals surface area contributed by atoms with Crippen molar-refractivity contribution < 1.29 is 9.90 Å².